The van der Waals surface area contributed by atoms with E-state index in [1.807, 2.05) is 6.07 Å². The minimum Gasteiger partial charge on any atom is -0.353 e. The van der Waals surface area contributed by atoms with Gasteiger partial charge in [-0.25, -0.2) is 9.97 Å². The zero-order chi connectivity index (χ0) is 10.5. The fraction of sp³-hybridized carbons (Fsp3) is 0.500. The molecule has 1 aromatic heterocycles. The molecule has 2 rings (SSSR count). The van der Waals surface area contributed by atoms with Crippen LogP contribution in [0.4, 0.5) is 5.95 Å². The van der Waals surface area contributed by atoms with E-state index in [2.05, 4.69) is 20.6 Å². The molecule has 0 radical (unpaired) electrons. The van der Waals surface area contributed by atoms with Crippen LogP contribution in [0, 0.1) is 11.3 Å². The fourth-order valence-corrected chi connectivity index (χ4v) is 1.65. The van der Waals surface area contributed by atoms with Crippen LogP contribution in [0.3, 0.4) is 0 Å². The van der Waals surface area contributed by atoms with Crippen molar-refractivity contribution in [1.29, 1.82) is 5.26 Å². The first kappa shape index (κ1) is 9.87. The second-order valence-electron chi connectivity index (χ2n) is 3.55. The van der Waals surface area contributed by atoms with E-state index in [9.17, 15) is 0 Å². The number of anilines is 1. The first-order valence-electron chi connectivity index (χ1n) is 5.09. The first-order chi connectivity index (χ1) is 7.38. The summed E-state index contributed by atoms with van der Waals surface area (Å²) >= 11 is 0. The predicted molar refractivity (Wildman–Crippen MR) is 56.3 cm³/mol. The molecule has 1 saturated heterocycles. The van der Waals surface area contributed by atoms with Crippen LogP contribution in [-0.4, -0.2) is 29.1 Å². The zero-order valence-electron chi connectivity index (χ0n) is 8.40. The van der Waals surface area contributed by atoms with Crippen molar-refractivity contribution in [1.82, 2.24) is 15.3 Å². The Bertz CT molecular complexity index is 364. The highest BCUT2D eigenvalue weighted by Gasteiger charge is 2.13. The molecule has 0 amide bonds. The summed E-state index contributed by atoms with van der Waals surface area (Å²) < 4.78 is 0. The van der Waals surface area contributed by atoms with E-state index in [-0.39, 0.29) is 0 Å². The lowest BCUT2D eigenvalue weighted by atomic mass is 10.2. The van der Waals surface area contributed by atoms with Crippen LogP contribution >= 0.6 is 0 Å². The summed E-state index contributed by atoms with van der Waals surface area (Å²) in [7, 11) is 0. The number of hydrogen-bond donors (Lipinski definition) is 2. The molecule has 0 aliphatic carbocycles. The standard InChI is InChI=1S/C10H13N5/c11-6-8-3-5-13-10(15-8)14-7-9-2-1-4-12-9/h3,5,9,12H,1-2,4,7H2,(H,13,14,15). The molecule has 78 valence electrons. The summed E-state index contributed by atoms with van der Waals surface area (Å²) in [6.45, 7) is 1.90. The smallest absolute Gasteiger partial charge is 0.223 e. The van der Waals surface area contributed by atoms with Gasteiger partial charge in [-0.15, -0.1) is 0 Å². The quantitative estimate of drug-likeness (QED) is 0.748. The van der Waals surface area contributed by atoms with Gasteiger partial charge in [0.2, 0.25) is 5.95 Å². The van der Waals surface area contributed by atoms with Crippen molar-refractivity contribution in [2.24, 2.45) is 0 Å². The topological polar surface area (TPSA) is 73.6 Å². The van der Waals surface area contributed by atoms with Crippen LogP contribution in [0.15, 0.2) is 12.3 Å². The molecule has 15 heavy (non-hydrogen) atoms. The second kappa shape index (κ2) is 4.71. The molecule has 1 aromatic rings. The van der Waals surface area contributed by atoms with Gasteiger partial charge >= 0.3 is 0 Å². The number of nitrogens with zero attached hydrogens (tertiary/aromatic N) is 3. The van der Waals surface area contributed by atoms with E-state index >= 15 is 0 Å². The molecule has 2 heterocycles. The maximum Gasteiger partial charge on any atom is 0.223 e. The van der Waals surface area contributed by atoms with Gasteiger partial charge in [0.15, 0.2) is 0 Å². The van der Waals surface area contributed by atoms with Crippen LogP contribution in [-0.2, 0) is 0 Å². The van der Waals surface area contributed by atoms with Crippen LogP contribution in [0.5, 0.6) is 0 Å². The molecule has 2 N–H and O–H groups in total. The summed E-state index contributed by atoms with van der Waals surface area (Å²) in [4.78, 5) is 8.09. The van der Waals surface area contributed by atoms with Crippen molar-refractivity contribution in [3.63, 3.8) is 0 Å². The van der Waals surface area contributed by atoms with Gasteiger partial charge in [0.05, 0.1) is 0 Å². The molecular weight excluding hydrogens is 190 g/mol. The maximum atomic E-state index is 8.66. The van der Waals surface area contributed by atoms with Crippen molar-refractivity contribution in [2.45, 2.75) is 18.9 Å². The molecule has 1 atom stereocenters. The minimum absolute atomic E-state index is 0.395. The highest BCUT2D eigenvalue weighted by atomic mass is 15.1. The summed E-state index contributed by atoms with van der Waals surface area (Å²) in [5.74, 6) is 0.530. The van der Waals surface area contributed by atoms with Crippen molar-refractivity contribution in [3.05, 3.63) is 18.0 Å². The molecule has 1 fully saturated rings. The van der Waals surface area contributed by atoms with Gasteiger partial charge in [-0.05, 0) is 25.5 Å². The highest BCUT2D eigenvalue weighted by molar-refractivity contribution is 5.30. The number of nitrogens with one attached hydrogen (secondary N) is 2. The summed E-state index contributed by atoms with van der Waals surface area (Å²) in [6.07, 6.45) is 4.01. The molecule has 1 aliphatic heterocycles. The molecule has 0 aromatic carbocycles. The zero-order valence-corrected chi connectivity index (χ0v) is 8.40. The van der Waals surface area contributed by atoms with Crippen molar-refractivity contribution >= 4 is 5.95 Å². The number of nitriles is 1. The first-order valence-corrected chi connectivity index (χ1v) is 5.09. The van der Waals surface area contributed by atoms with Gasteiger partial charge in [-0.2, -0.15) is 5.26 Å². The van der Waals surface area contributed by atoms with Crippen LogP contribution in [0.1, 0.15) is 18.5 Å². The van der Waals surface area contributed by atoms with Gasteiger partial charge in [0, 0.05) is 18.8 Å². The average Bonchev–Trinajstić information content (AvgIpc) is 2.79. The SMILES string of the molecule is N#Cc1ccnc(NCC2CCCN2)n1. The van der Waals surface area contributed by atoms with E-state index in [4.69, 9.17) is 5.26 Å². The fourth-order valence-electron chi connectivity index (χ4n) is 1.65. The van der Waals surface area contributed by atoms with Crippen LogP contribution in [0.2, 0.25) is 0 Å². The molecule has 5 nitrogen and oxygen atoms in total. The number of hydrogen-bond acceptors (Lipinski definition) is 5. The average molecular weight is 203 g/mol. The van der Waals surface area contributed by atoms with Gasteiger partial charge in [-0.3, -0.25) is 0 Å². The molecule has 0 spiro atoms. The third-order valence-electron chi connectivity index (χ3n) is 2.44. The Kier molecular flexibility index (Phi) is 3.10. The molecular formula is C10H13N5. The van der Waals surface area contributed by atoms with E-state index < -0.39 is 0 Å². The predicted octanol–water partition coefficient (Wildman–Crippen LogP) is 0.512. The molecule has 0 bridgehead atoms. The third kappa shape index (κ3) is 2.64. The van der Waals surface area contributed by atoms with E-state index in [1.54, 1.807) is 12.3 Å². The Hall–Kier alpha value is -1.67. The minimum atomic E-state index is 0.395. The monoisotopic (exact) mass is 203 g/mol. The Labute approximate surface area is 88.5 Å². The molecule has 1 aliphatic rings. The van der Waals surface area contributed by atoms with Crippen LogP contribution < -0.4 is 10.6 Å². The van der Waals surface area contributed by atoms with Crippen molar-refractivity contribution < 1.29 is 0 Å². The van der Waals surface area contributed by atoms with Crippen molar-refractivity contribution in [3.8, 4) is 6.07 Å². The summed E-state index contributed by atoms with van der Waals surface area (Å²) in [5.41, 5.74) is 0.395. The van der Waals surface area contributed by atoms with Crippen molar-refractivity contribution in [2.75, 3.05) is 18.4 Å². The second-order valence-corrected chi connectivity index (χ2v) is 3.55. The van der Waals surface area contributed by atoms with Gasteiger partial charge in [-0.1, -0.05) is 0 Å². The number of aromatic nitrogens is 2. The lowest BCUT2D eigenvalue weighted by Gasteiger charge is -2.10. The lowest BCUT2D eigenvalue weighted by molar-refractivity contribution is 0.631. The molecule has 1 unspecified atom stereocenters. The van der Waals surface area contributed by atoms with Gasteiger partial charge in [0.1, 0.15) is 11.8 Å². The summed E-state index contributed by atoms with van der Waals surface area (Å²) in [6, 6.07) is 4.08. The van der Waals surface area contributed by atoms with Gasteiger partial charge in [0.25, 0.3) is 0 Å². The molecule has 0 saturated carbocycles. The number of rotatable bonds is 3. The maximum absolute atomic E-state index is 8.66. The largest absolute Gasteiger partial charge is 0.353 e. The Morgan fingerprint density at radius 3 is 3.33 bits per heavy atom. The van der Waals surface area contributed by atoms with E-state index in [0.717, 1.165) is 13.1 Å². The van der Waals surface area contributed by atoms with Gasteiger partial charge < -0.3 is 10.6 Å². The molecule has 5 heteroatoms. The van der Waals surface area contributed by atoms with E-state index in [0.29, 0.717) is 17.7 Å². The third-order valence-corrected chi connectivity index (χ3v) is 2.44. The summed E-state index contributed by atoms with van der Waals surface area (Å²) in [5, 5.41) is 15.2. The van der Waals surface area contributed by atoms with E-state index in [1.165, 1.54) is 12.8 Å². The highest BCUT2D eigenvalue weighted by Crippen LogP contribution is 2.06. The normalized spacial score (nSPS) is 19.8. The van der Waals surface area contributed by atoms with Crippen LogP contribution in [0.25, 0.3) is 0 Å². The Morgan fingerprint density at radius 1 is 1.67 bits per heavy atom. The Morgan fingerprint density at radius 2 is 2.60 bits per heavy atom. The Balaban J connectivity index is 1.90. The lowest BCUT2D eigenvalue weighted by Crippen LogP contribution is -2.29.